The van der Waals surface area contributed by atoms with Gasteiger partial charge in [-0.3, -0.25) is 32.9 Å². The minimum Gasteiger partial charge on any atom is -0.790 e. The van der Waals surface area contributed by atoms with E-state index in [-0.39, 0.29) is 59.6 Å². The number of Topliss-reactive ketones (excluding diaryl/α,β-unsaturated/α-hetero) is 1. The Morgan fingerprint density at radius 2 is 1.31 bits per heavy atom. The van der Waals surface area contributed by atoms with Gasteiger partial charge >= 0.3 is 0 Å². The van der Waals surface area contributed by atoms with Crippen LogP contribution in [0.2, 0.25) is 0 Å². The van der Waals surface area contributed by atoms with Gasteiger partial charge in [0.1, 0.15) is 42.0 Å². The molecule has 1 aliphatic heterocycles. The number of anilines is 1. The zero-order chi connectivity index (χ0) is 61.9. The van der Waals surface area contributed by atoms with Crippen molar-refractivity contribution >= 4 is 74.9 Å². The van der Waals surface area contributed by atoms with Crippen molar-refractivity contribution in [3.63, 3.8) is 0 Å². The van der Waals surface area contributed by atoms with Crippen molar-refractivity contribution in [3.05, 3.63) is 85.6 Å². The number of nitrogens with two attached hydrogens (primary N) is 1. The Kier molecular flexibility index (Phi) is 35.4. The molecule has 2 unspecified atom stereocenters. The number of hydrogen-bond donors (Lipinski definition) is 5. The van der Waals surface area contributed by atoms with E-state index in [4.69, 9.17) is 10.5 Å². The number of nitrogen functional groups attached to an aromatic ring is 1. The summed E-state index contributed by atoms with van der Waals surface area (Å²) in [5, 5.41) is 26.1. The van der Waals surface area contributed by atoms with E-state index in [2.05, 4.69) is 123 Å². The Balaban J connectivity index is 1.17. The van der Waals surface area contributed by atoms with Gasteiger partial charge in [-0.15, -0.1) is 0 Å². The molecule has 0 radical (unpaired) electrons. The summed E-state index contributed by atoms with van der Waals surface area (Å²) in [6.07, 6.45) is 37.3. The third-order valence-corrected chi connectivity index (χ3v) is 16.6. The molecule has 0 aromatic carbocycles. The fraction of sp³-hybridized carbons (Fsp3) is 0.618. The van der Waals surface area contributed by atoms with Crippen molar-refractivity contribution in [1.29, 1.82) is 0 Å². The van der Waals surface area contributed by atoms with Crippen molar-refractivity contribution in [1.82, 2.24) is 30.2 Å². The predicted molar refractivity (Wildman–Crippen MR) is 311 cm³/mol. The molecule has 29 heteroatoms. The van der Waals surface area contributed by atoms with Gasteiger partial charge in [-0.1, -0.05) is 157 Å². The Hall–Kier alpha value is -4.33. The van der Waals surface area contributed by atoms with Crippen LogP contribution in [0.15, 0.2) is 85.6 Å². The lowest BCUT2D eigenvalue weighted by molar-refractivity contribution is -0.347. The Morgan fingerprint density at radius 3 is 1.89 bits per heavy atom. The van der Waals surface area contributed by atoms with Crippen molar-refractivity contribution < 1.29 is 85.3 Å². The lowest BCUT2D eigenvalue weighted by atomic mass is 9.87. The van der Waals surface area contributed by atoms with Crippen molar-refractivity contribution in [2.45, 2.75) is 180 Å². The van der Waals surface area contributed by atoms with E-state index in [1.807, 2.05) is 0 Å². The summed E-state index contributed by atoms with van der Waals surface area (Å²) in [5.74, 6) is -1.53. The SMILES string of the molecule is CC/C=C\C/C=C\C/C=C\C/C=C\C/C=C\C/C=C\CCCCCCCCCCCCC(=O)CC(=O)SCCNC(=O)CCNC(=O)[C@H](O)C(C)(C)COP(=O)([O-])OP(=O)([O-])OC[C@H]1O[C@@H](n2cnc3c(N)ncnc32)[C@H](O)[C@@H]1OP(=O)([O-])[O-]. The van der Waals surface area contributed by atoms with Crippen LogP contribution in [0.25, 0.3) is 11.2 Å². The number of phosphoric acid groups is 3. The van der Waals surface area contributed by atoms with Gasteiger partial charge in [-0.2, -0.15) is 0 Å². The first-order chi connectivity index (χ1) is 39.9. The van der Waals surface area contributed by atoms with Crippen LogP contribution >= 0.6 is 35.2 Å². The van der Waals surface area contributed by atoms with Gasteiger partial charge in [0.2, 0.25) is 11.8 Å². The summed E-state index contributed by atoms with van der Waals surface area (Å²) in [4.78, 5) is 110. The third kappa shape index (κ3) is 31.4. The molecular formula is C55H84N7O18P3S-4. The third-order valence-electron chi connectivity index (χ3n) is 12.8. The summed E-state index contributed by atoms with van der Waals surface area (Å²) in [6.45, 7) is 2.07. The topological polar surface area (TPSA) is 392 Å². The maximum Gasteiger partial charge on any atom is 0.274 e. The highest BCUT2D eigenvalue weighted by molar-refractivity contribution is 8.13. The standard InChI is InChI=1S/C55H88N7O18P3S/c1-4-5-6-7-8-9-10-11-12-13-14-15-16-17-18-19-20-21-22-23-24-25-26-27-28-29-30-31-32-33-43(63)38-46(65)84-37-36-57-45(64)34-35-58-53(68)50(67)55(2,3)40-77-83(74,75)80-82(72,73)76-39-44-49(79-81(69,70)71)48(66)54(78-44)62-42-61-47-51(56)59-41-60-52(47)62/h5-6,8-9,11-12,14-15,17-18,20-21,41-42,44,48-50,54,66-67H,4,7,10,13,16,19,22-40H2,1-3H3,(H,57,64)(H,58,68)(H,72,73)(H,74,75)(H2,56,59,60)(H2,69,70,71)/p-4/b6-5-,9-8-,12-11-,15-14-,18-17-,21-20-/t44-,48-,49-,50+,54-/m1/s1. The summed E-state index contributed by atoms with van der Waals surface area (Å²) in [6, 6.07) is 0. The van der Waals surface area contributed by atoms with Crippen LogP contribution in [0.4, 0.5) is 5.82 Å². The summed E-state index contributed by atoms with van der Waals surface area (Å²) in [7, 11) is -17.7. The molecule has 84 heavy (non-hydrogen) atoms. The Morgan fingerprint density at radius 1 is 0.762 bits per heavy atom. The van der Waals surface area contributed by atoms with Gasteiger partial charge in [0.25, 0.3) is 15.6 Å². The second-order valence-corrected chi connectivity index (χ2v) is 25.6. The van der Waals surface area contributed by atoms with Crippen LogP contribution in [0.1, 0.15) is 155 Å². The van der Waals surface area contributed by atoms with E-state index in [0.29, 0.717) is 6.42 Å². The highest BCUT2D eigenvalue weighted by Gasteiger charge is 2.47. The predicted octanol–water partition coefficient (Wildman–Crippen LogP) is 6.47. The zero-order valence-electron chi connectivity index (χ0n) is 48.2. The molecule has 3 rings (SSSR count). The molecule has 25 nitrogen and oxygen atoms in total. The van der Waals surface area contributed by atoms with Crippen LogP contribution in [0.3, 0.4) is 0 Å². The number of nitrogens with zero attached hydrogens (tertiary/aromatic N) is 4. The molecule has 0 aliphatic carbocycles. The monoisotopic (exact) mass is 1260 g/mol. The van der Waals surface area contributed by atoms with E-state index in [1.165, 1.54) is 52.4 Å². The minimum absolute atomic E-state index is 0.0270. The molecule has 7 atom stereocenters. The van der Waals surface area contributed by atoms with Crippen LogP contribution in [-0.2, 0) is 55.5 Å². The Labute approximate surface area is 496 Å². The van der Waals surface area contributed by atoms with E-state index in [0.717, 1.165) is 99.6 Å². The number of phosphoric ester groups is 3. The van der Waals surface area contributed by atoms with Crippen molar-refractivity contribution in [3.8, 4) is 0 Å². The van der Waals surface area contributed by atoms with Crippen molar-refractivity contribution in [2.75, 3.05) is 37.8 Å². The van der Waals surface area contributed by atoms with Gasteiger partial charge in [0.05, 0.1) is 33.8 Å². The number of unbranched alkanes of at least 4 members (excludes halogenated alkanes) is 10. The number of nitrogens with one attached hydrogen (secondary N) is 2. The average Bonchev–Trinajstić information content (AvgIpc) is 2.09. The molecule has 2 aromatic heterocycles. The van der Waals surface area contributed by atoms with E-state index < -0.39 is 84.6 Å². The highest BCUT2D eigenvalue weighted by Crippen LogP contribution is 2.56. The average molecular weight is 1260 g/mol. The normalized spacial score (nSPS) is 19.0. The first-order valence-corrected chi connectivity index (χ1v) is 33.7. The van der Waals surface area contributed by atoms with Crippen LogP contribution in [0, 0.1) is 5.41 Å². The van der Waals surface area contributed by atoms with Gasteiger partial charge in [0.15, 0.2) is 22.8 Å². The number of imidazole rings is 1. The molecule has 472 valence electrons. The summed E-state index contributed by atoms with van der Waals surface area (Å²) in [5.41, 5.74) is 4.05. The number of thioether (sulfide) groups is 1. The van der Waals surface area contributed by atoms with Crippen LogP contribution in [0.5, 0.6) is 0 Å². The number of carbonyl (C=O) groups excluding carboxylic acids is 4. The number of carbonyl (C=O) groups is 4. The van der Waals surface area contributed by atoms with Crippen molar-refractivity contribution in [2.24, 2.45) is 5.41 Å². The molecule has 1 fully saturated rings. The number of ketones is 1. The molecule has 2 aromatic rings. The molecule has 0 bridgehead atoms. The zero-order valence-corrected chi connectivity index (χ0v) is 51.7. The first-order valence-electron chi connectivity index (χ1n) is 28.3. The first kappa shape index (κ1) is 73.9. The van der Waals surface area contributed by atoms with Crippen LogP contribution < -0.4 is 35.9 Å². The quantitative estimate of drug-likeness (QED) is 0.0205. The molecular weight excluding hydrogens is 1170 g/mol. The van der Waals surface area contributed by atoms with E-state index >= 15 is 0 Å². The second kappa shape index (κ2) is 40.2. The minimum atomic E-state index is -5.94. The molecule has 1 saturated heterocycles. The number of hydrogen-bond acceptors (Lipinski definition) is 23. The molecule has 0 saturated carbocycles. The largest absolute Gasteiger partial charge is 0.790 e. The number of aliphatic hydroxyl groups is 2. The van der Waals surface area contributed by atoms with E-state index in [1.54, 1.807) is 0 Å². The number of ether oxygens (including phenoxy) is 1. The number of aromatic nitrogens is 4. The smallest absolute Gasteiger partial charge is 0.274 e. The number of allylic oxidation sites excluding steroid dienone is 12. The number of aliphatic hydroxyl groups excluding tert-OH is 2. The highest BCUT2D eigenvalue weighted by atomic mass is 32.2. The molecule has 3 heterocycles. The Bertz CT molecular complexity index is 2660. The molecule has 2 amide bonds. The van der Waals surface area contributed by atoms with Crippen LogP contribution in [-0.4, -0.2) is 109 Å². The summed E-state index contributed by atoms with van der Waals surface area (Å²) >= 11 is 0.926. The van der Waals surface area contributed by atoms with Gasteiger partial charge in [0, 0.05) is 37.1 Å². The van der Waals surface area contributed by atoms with E-state index in [9.17, 15) is 62.7 Å². The number of rotatable bonds is 45. The number of amides is 2. The fourth-order valence-corrected chi connectivity index (χ4v) is 11.6. The lowest BCUT2D eigenvalue weighted by Gasteiger charge is -2.36. The van der Waals surface area contributed by atoms with Gasteiger partial charge in [-0.05, 0) is 57.8 Å². The second-order valence-electron chi connectivity index (χ2n) is 20.4. The summed E-state index contributed by atoms with van der Waals surface area (Å²) < 4.78 is 61.0. The number of fused-ring (bicyclic) bond motifs is 1. The van der Waals surface area contributed by atoms with Gasteiger partial charge in [-0.25, -0.2) is 19.3 Å². The maximum absolute atomic E-state index is 12.7. The maximum atomic E-state index is 12.7. The molecule has 0 spiro atoms. The fourth-order valence-electron chi connectivity index (χ4n) is 8.21. The molecule has 6 N–H and O–H groups in total. The lowest BCUT2D eigenvalue weighted by Crippen LogP contribution is -2.46. The molecule has 1 aliphatic rings. The van der Waals surface area contributed by atoms with Gasteiger partial charge < -0.3 is 69.0 Å².